The van der Waals surface area contributed by atoms with Gasteiger partial charge in [0, 0.05) is 16.8 Å². The van der Waals surface area contributed by atoms with Crippen LogP contribution in [-0.4, -0.2) is 17.5 Å². The molecule has 3 N–H and O–H groups in total. The number of halogens is 5. The Bertz CT molecular complexity index is 815. The molecule has 0 heterocycles. The molecule has 134 valence electrons. The van der Waals surface area contributed by atoms with Crippen LogP contribution in [0.15, 0.2) is 34.8 Å². The van der Waals surface area contributed by atoms with Gasteiger partial charge in [0.2, 0.25) is 0 Å². The highest BCUT2D eigenvalue weighted by Crippen LogP contribution is 2.35. The van der Waals surface area contributed by atoms with Crippen molar-refractivity contribution in [1.82, 2.24) is 0 Å². The number of alkyl halides is 3. The van der Waals surface area contributed by atoms with Crippen molar-refractivity contribution in [2.75, 3.05) is 10.6 Å². The molecule has 0 aliphatic carbocycles. The first-order valence-corrected chi connectivity index (χ1v) is 7.84. The zero-order valence-electron chi connectivity index (χ0n) is 12.5. The fraction of sp³-hybridized carbons (Fsp3) is 0.133. The molecule has 0 spiro atoms. The predicted octanol–water partition coefficient (Wildman–Crippen LogP) is 5.66. The number of rotatable bonds is 3. The van der Waals surface area contributed by atoms with Crippen molar-refractivity contribution in [3.8, 4) is 11.5 Å². The lowest BCUT2D eigenvalue weighted by Crippen LogP contribution is -2.20. The zero-order valence-corrected chi connectivity index (χ0v) is 14.9. The van der Waals surface area contributed by atoms with Crippen LogP contribution in [0.3, 0.4) is 0 Å². The Labute approximate surface area is 153 Å². The molecule has 0 saturated heterocycles. The molecule has 0 aliphatic rings. The quantitative estimate of drug-likeness (QED) is 0.541. The van der Waals surface area contributed by atoms with Crippen LogP contribution in [0.2, 0.25) is 5.02 Å². The van der Waals surface area contributed by atoms with Gasteiger partial charge >= 0.3 is 12.4 Å². The van der Waals surface area contributed by atoms with Gasteiger partial charge in [-0.05, 0) is 46.6 Å². The van der Waals surface area contributed by atoms with E-state index in [1.807, 2.05) is 0 Å². The first-order chi connectivity index (χ1) is 11.5. The number of ether oxygens (including phenoxy) is 1. The minimum atomic E-state index is -4.88. The van der Waals surface area contributed by atoms with Gasteiger partial charge in [-0.2, -0.15) is 0 Å². The summed E-state index contributed by atoms with van der Waals surface area (Å²) in [6.45, 7) is 1.75. The van der Waals surface area contributed by atoms with Crippen molar-refractivity contribution in [3.63, 3.8) is 0 Å². The molecule has 0 saturated carbocycles. The van der Waals surface area contributed by atoms with Gasteiger partial charge in [-0.1, -0.05) is 17.7 Å². The standard InChI is InChI=1S/C15H11BrClF3N2O3/c1-7-2-3-11(13(23)12(7)16)22-14(24)21-9-4-8(17)5-10(6-9)25-15(18,19)20/h2-6,23H,1H3,(H2,21,22,24). The molecule has 0 aromatic heterocycles. The van der Waals surface area contributed by atoms with Gasteiger partial charge in [0.15, 0.2) is 5.75 Å². The SMILES string of the molecule is Cc1ccc(NC(=O)Nc2cc(Cl)cc(OC(F)(F)F)c2)c(O)c1Br. The monoisotopic (exact) mass is 438 g/mol. The molecule has 5 nitrogen and oxygen atoms in total. The number of hydrogen-bond donors (Lipinski definition) is 3. The topological polar surface area (TPSA) is 70.6 Å². The van der Waals surface area contributed by atoms with E-state index in [4.69, 9.17) is 11.6 Å². The van der Waals surface area contributed by atoms with Crippen LogP contribution >= 0.6 is 27.5 Å². The number of anilines is 2. The van der Waals surface area contributed by atoms with E-state index in [0.29, 0.717) is 4.47 Å². The smallest absolute Gasteiger partial charge is 0.505 e. The van der Waals surface area contributed by atoms with Gasteiger partial charge in [0.05, 0.1) is 10.2 Å². The third-order valence-electron chi connectivity index (χ3n) is 2.92. The number of nitrogens with one attached hydrogen (secondary N) is 2. The van der Waals surface area contributed by atoms with E-state index in [1.54, 1.807) is 13.0 Å². The number of hydrogen-bond acceptors (Lipinski definition) is 3. The summed E-state index contributed by atoms with van der Waals surface area (Å²) in [4.78, 5) is 12.0. The van der Waals surface area contributed by atoms with E-state index in [9.17, 15) is 23.1 Å². The molecule has 0 atom stereocenters. The Balaban J connectivity index is 2.14. The Hall–Kier alpha value is -2.13. The third kappa shape index (κ3) is 5.43. The number of benzene rings is 2. The number of carbonyl (C=O) groups is 1. The second kappa shape index (κ2) is 7.40. The fourth-order valence-electron chi connectivity index (χ4n) is 1.88. The summed E-state index contributed by atoms with van der Waals surface area (Å²) in [6.07, 6.45) is -4.88. The average Bonchev–Trinajstić information content (AvgIpc) is 2.45. The number of phenols is 1. The molecule has 0 radical (unpaired) electrons. The van der Waals surface area contributed by atoms with Crippen molar-refractivity contribution in [2.45, 2.75) is 13.3 Å². The minimum absolute atomic E-state index is 0.0186. The summed E-state index contributed by atoms with van der Waals surface area (Å²) >= 11 is 8.89. The molecule has 2 aromatic carbocycles. The van der Waals surface area contributed by atoms with Gasteiger partial charge in [-0.15, -0.1) is 13.2 Å². The van der Waals surface area contributed by atoms with E-state index < -0.39 is 18.1 Å². The van der Waals surface area contributed by atoms with Gasteiger partial charge in [-0.3, -0.25) is 0 Å². The normalized spacial score (nSPS) is 11.1. The maximum Gasteiger partial charge on any atom is 0.573 e. The molecular formula is C15H11BrClF3N2O3. The van der Waals surface area contributed by atoms with Crippen molar-refractivity contribution in [2.24, 2.45) is 0 Å². The maximum atomic E-state index is 12.3. The molecule has 0 bridgehead atoms. The number of carbonyl (C=O) groups excluding carboxylic acids is 1. The number of aryl methyl sites for hydroxylation is 1. The molecule has 2 rings (SSSR count). The van der Waals surface area contributed by atoms with Gasteiger partial charge in [0.1, 0.15) is 5.75 Å². The molecule has 0 aliphatic heterocycles. The average molecular weight is 440 g/mol. The van der Waals surface area contributed by atoms with Crippen LogP contribution in [0.25, 0.3) is 0 Å². The van der Waals surface area contributed by atoms with E-state index in [1.165, 1.54) is 12.1 Å². The summed E-state index contributed by atoms with van der Waals surface area (Å²) < 4.78 is 41.0. The first-order valence-electron chi connectivity index (χ1n) is 6.67. The second-order valence-electron chi connectivity index (χ2n) is 4.90. The van der Waals surface area contributed by atoms with Crippen LogP contribution in [0.1, 0.15) is 5.56 Å². The highest BCUT2D eigenvalue weighted by Gasteiger charge is 2.31. The number of phenolic OH excluding ortho intramolecular Hbond substituents is 1. The van der Waals surface area contributed by atoms with Crippen molar-refractivity contribution >= 4 is 44.9 Å². The molecule has 2 aromatic rings. The molecule has 0 unspecified atom stereocenters. The Morgan fingerprint density at radius 1 is 1.24 bits per heavy atom. The lowest BCUT2D eigenvalue weighted by molar-refractivity contribution is -0.274. The number of aromatic hydroxyl groups is 1. The van der Waals surface area contributed by atoms with E-state index in [0.717, 1.165) is 17.7 Å². The zero-order chi connectivity index (χ0) is 18.8. The largest absolute Gasteiger partial charge is 0.573 e. The lowest BCUT2D eigenvalue weighted by atomic mass is 10.2. The summed E-state index contributed by atoms with van der Waals surface area (Å²) in [5, 5.41) is 14.6. The van der Waals surface area contributed by atoms with Gasteiger partial charge < -0.3 is 20.5 Å². The lowest BCUT2D eigenvalue weighted by Gasteiger charge is -2.13. The maximum absolute atomic E-state index is 12.3. The molecule has 25 heavy (non-hydrogen) atoms. The first kappa shape index (κ1) is 19.2. The van der Waals surface area contributed by atoms with Crippen molar-refractivity contribution < 1.29 is 27.8 Å². The fourth-order valence-corrected chi connectivity index (χ4v) is 2.45. The second-order valence-corrected chi connectivity index (χ2v) is 6.12. The highest BCUT2D eigenvalue weighted by molar-refractivity contribution is 9.10. The van der Waals surface area contributed by atoms with Crippen LogP contribution < -0.4 is 15.4 Å². The number of amides is 2. The molecule has 2 amide bonds. The van der Waals surface area contributed by atoms with Crippen LogP contribution in [0, 0.1) is 6.92 Å². The van der Waals surface area contributed by atoms with Crippen molar-refractivity contribution in [1.29, 1.82) is 0 Å². The Kier molecular flexibility index (Phi) is 5.69. The van der Waals surface area contributed by atoms with Gasteiger partial charge in [0.25, 0.3) is 0 Å². The summed E-state index contributed by atoms with van der Waals surface area (Å²) in [6, 6.07) is 5.52. The predicted molar refractivity (Wildman–Crippen MR) is 91.3 cm³/mol. The van der Waals surface area contributed by atoms with Crippen LogP contribution in [-0.2, 0) is 0 Å². The van der Waals surface area contributed by atoms with E-state index >= 15 is 0 Å². The Morgan fingerprint density at radius 3 is 2.56 bits per heavy atom. The van der Waals surface area contributed by atoms with Crippen LogP contribution in [0.4, 0.5) is 29.3 Å². The van der Waals surface area contributed by atoms with Crippen molar-refractivity contribution in [3.05, 3.63) is 45.4 Å². The Morgan fingerprint density at radius 2 is 1.92 bits per heavy atom. The van der Waals surface area contributed by atoms with E-state index in [2.05, 4.69) is 31.3 Å². The van der Waals surface area contributed by atoms with E-state index in [-0.39, 0.29) is 22.1 Å². The summed E-state index contributed by atoms with van der Waals surface area (Å²) in [7, 11) is 0. The van der Waals surface area contributed by atoms with Gasteiger partial charge in [-0.25, -0.2) is 4.79 Å². The third-order valence-corrected chi connectivity index (χ3v) is 4.14. The molecule has 0 fully saturated rings. The minimum Gasteiger partial charge on any atom is -0.505 e. The van der Waals surface area contributed by atoms with Crippen LogP contribution in [0.5, 0.6) is 11.5 Å². The summed E-state index contributed by atoms with van der Waals surface area (Å²) in [5.74, 6) is -0.751. The number of urea groups is 1. The molecule has 10 heteroatoms. The summed E-state index contributed by atoms with van der Waals surface area (Å²) in [5.41, 5.74) is 0.853. The molecular weight excluding hydrogens is 429 g/mol. The highest BCUT2D eigenvalue weighted by atomic mass is 79.9.